The van der Waals surface area contributed by atoms with Crippen molar-refractivity contribution in [3.63, 3.8) is 0 Å². The van der Waals surface area contributed by atoms with Crippen LogP contribution in [-0.2, 0) is 0 Å². The maximum absolute atomic E-state index is 12.2. The Morgan fingerprint density at radius 3 is 2.56 bits per heavy atom. The molecule has 2 rings (SSSR count). The molecule has 1 atom stereocenters. The highest BCUT2D eigenvalue weighted by molar-refractivity contribution is 5.89. The summed E-state index contributed by atoms with van der Waals surface area (Å²) in [5.74, 6) is 0.552. The van der Waals surface area contributed by atoms with Crippen LogP contribution in [0.4, 0.5) is 16.2 Å². The Morgan fingerprint density at radius 2 is 1.96 bits per heavy atom. The number of nitro groups is 1. The first-order valence-corrected chi connectivity index (χ1v) is 9.08. The van der Waals surface area contributed by atoms with Crippen LogP contribution < -0.4 is 10.6 Å². The first-order valence-electron chi connectivity index (χ1n) is 9.08. The van der Waals surface area contributed by atoms with Crippen molar-refractivity contribution in [3.05, 3.63) is 34.4 Å². The van der Waals surface area contributed by atoms with Crippen LogP contribution in [0.2, 0.25) is 0 Å². The summed E-state index contributed by atoms with van der Waals surface area (Å²) in [6, 6.07) is 5.98. The minimum atomic E-state index is -0.473. The van der Waals surface area contributed by atoms with E-state index < -0.39 is 4.92 Å². The molecule has 0 spiro atoms. The van der Waals surface area contributed by atoms with Crippen LogP contribution in [0.15, 0.2) is 24.3 Å². The highest BCUT2D eigenvalue weighted by Gasteiger charge is 2.27. The largest absolute Gasteiger partial charge is 0.336 e. The number of carbonyl (C=O) groups is 1. The fourth-order valence-corrected chi connectivity index (χ4v) is 3.57. The monoisotopic (exact) mass is 348 g/mol. The molecule has 7 heteroatoms. The molecule has 1 unspecified atom stereocenters. The third-order valence-corrected chi connectivity index (χ3v) is 4.99. The van der Waals surface area contributed by atoms with Gasteiger partial charge in [-0.1, -0.05) is 32.8 Å². The van der Waals surface area contributed by atoms with Crippen molar-refractivity contribution in [1.82, 2.24) is 10.2 Å². The number of non-ortho nitro benzene ring substituents is 1. The van der Waals surface area contributed by atoms with E-state index in [0.717, 1.165) is 25.9 Å². The van der Waals surface area contributed by atoms with E-state index >= 15 is 0 Å². The van der Waals surface area contributed by atoms with E-state index in [1.807, 2.05) is 0 Å². The van der Waals surface area contributed by atoms with E-state index in [1.165, 1.54) is 25.0 Å². The van der Waals surface area contributed by atoms with Gasteiger partial charge in [0.25, 0.3) is 5.69 Å². The number of rotatable bonds is 8. The van der Waals surface area contributed by atoms with Gasteiger partial charge in [-0.3, -0.25) is 15.0 Å². The Kier molecular flexibility index (Phi) is 7.18. The topological polar surface area (TPSA) is 87.5 Å². The van der Waals surface area contributed by atoms with E-state index in [9.17, 15) is 14.9 Å². The van der Waals surface area contributed by atoms with Gasteiger partial charge in [0, 0.05) is 30.4 Å². The standard InChI is InChI=1S/C18H28N4O3/c1-3-14(4-2)17(21-10-5-6-11-21)13-19-18(23)20-15-8-7-9-16(12-15)22(24)25/h7-9,12,14,17H,3-6,10-11,13H2,1-2H3,(H2,19,20,23). The summed E-state index contributed by atoms with van der Waals surface area (Å²) < 4.78 is 0. The van der Waals surface area contributed by atoms with Crippen molar-refractivity contribution in [3.8, 4) is 0 Å². The van der Waals surface area contributed by atoms with Gasteiger partial charge in [0.15, 0.2) is 0 Å². The predicted octanol–water partition coefficient (Wildman–Crippen LogP) is 3.62. The molecule has 0 aliphatic carbocycles. The number of hydrogen-bond acceptors (Lipinski definition) is 4. The van der Waals surface area contributed by atoms with Crippen LogP contribution in [0.5, 0.6) is 0 Å². The normalized spacial score (nSPS) is 16.0. The van der Waals surface area contributed by atoms with Crippen LogP contribution in [0.3, 0.4) is 0 Å². The molecule has 0 radical (unpaired) electrons. The van der Waals surface area contributed by atoms with Crippen molar-refractivity contribution < 1.29 is 9.72 Å². The van der Waals surface area contributed by atoms with Crippen molar-refractivity contribution in [2.24, 2.45) is 5.92 Å². The lowest BCUT2D eigenvalue weighted by Crippen LogP contribution is -2.47. The summed E-state index contributed by atoms with van der Waals surface area (Å²) in [6.45, 7) is 7.17. The molecule has 2 amide bonds. The number of likely N-dealkylation sites (tertiary alicyclic amines) is 1. The zero-order valence-electron chi connectivity index (χ0n) is 15.0. The average molecular weight is 348 g/mol. The maximum atomic E-state index is 12.2. The number of amides is 2. The fraction of sp³-hybridized carbons (Fsp3) is 0.611. The number of hydrogen-bond donors (Lipinski definition) is 2. The molecule has 7 nitrogen and oxygen atoms in total. The Hall–Kier alpha value is -2.15. The van der Waals surface area contributed by atoms with Gasteiger partial charge >= 0.3 is 6.03 Å². The van der Waals surface area contributed by atoms with E-state index in [1.54, 1.807) is 12.1 Å². The van der Waals surface area contributed by atoms with E-state index in [-0.39, 0.29) is 11.7 Å². The molecule has 1 aliphatic rings. The number of anilines is 1. The Balaban J connectivity index is 1.93. The number of carbonyl (C=O) groups excluding carboxylic acids is 1. The summed E-state index contributed by atoms with van der Waals surface area (Å²) >= 11 is 0. The highest BCUT2D eigenvalue weighted by atomic mass is 16.6. The van der Waals surface area contributed by atoms with Crippen molar-refractivity contribution in [2.75, 3.05) is 25.0 Å². The summed E-state index contributed by atoms with van der Waals surface area (Å²) in [6.07, 6.45) is 4.62. The predicted molar refractivity (Wildman–Crippen MR) is 98.8 cm³/mol. The molecular formula is C18H28N4O3. The number of urea groups is 1. The van der Waals surface area contributed by atoms with E-state index in [0.29, 0.717) is 24.2 Å². The molecule has 138 valence electrons. The third kappa shape index (κ3) is 5.42. The number of nitro benzene ring substituents is 1. The smallest absolute Gasteiger partial charge is 0.319 e. The molecule has 0 saturated carbocycles. The molecule has 25 heavy (non-hydrogen) atoms. The minimum absolute atomic E-state index is 0.0372. The molecule has 0 bridgehead atoms. The molecule has 1 aromatic carbocycles. The average Bonchev–Trinajstić information content (AvgIpc) is 3.13. The van der Waals surface area contributed by atoms with E-state index in [2.05, 4.69) is 29.4 Å². The first kappa shape index (κ1) is 19.2. The SMILES string of the molecule is CCC(CC)C(CNC(=O)Nc1cccc([N+](=O)[O-])c1)N1CCCC1. The highest BCUT2D eigenvalue weighted by Crippen LogP contribution is 2.22. The Labute approximate surface area is 148 Å². The first-order chi connectivity index (χ1) is 12.0. The minimum Gasteiger partial charge on any atom is -0.336 e. The molecule has 1 aromatic rings. The second-order valence-corrected chi connectivity index (χ2v) is 6.53. The summed E-state index contributed by atoms with van der Waals surface area (Å²) in [5, 5.41) is 16.4. The number of nitrogens with one attached hydrogen (secondary N) is 2. The van der Waals surface area contributed by atoms with Crippen LogP contribution in [0, 0.1) is 16.0 Å². The molecule has 1 aliphatic heterocycles. The maximum Gasteiger partial charge on any atom is 0.319 e. The lowest BCUT2D eigenvalue weighted by molar-refractivity contribution is -0.384. The van der Waals surface area contributed by atoms with Gasteiger partial charge in [-0.2, -0.15) is 0 Å². The zero-order valence-corrected chi connectivity index (χ0v) is 15.0. The molecule has 1 fully saturated rings. The van der Waals surface area contributed by atoms with Gasteiger partial charge in [0.2, 0.25) is 0 Å². The van der Waals surface area contributed by atoms with Gasteiger partial charge in [-0.05, 0) is 37.9 Å². The second kappa shape index (κ2) is 9.36. The van der Waals surface area contributed by atoms with E-state index in [4.69, 9.17) is 0 Å². The van der Waals surface area contributed by atoms with Gasteiger partial charge in [0.1, 0.15) is 0 Å². The van der Waals surface area contributed by atoms with Crippen molar-refractivity contribution >= 4 is 17.4 Å². The molecule has 1 heterocycles. The van der Waals surface area contributed by atoms with Crippen molar-refractivity contribution in [2.45, 2.75) is 45.6 Å². The summed E-state index contributed by atoms with van der Waals surface area (Å²) in [7, 11) is 0. The van der Waals surface area contributed by atoms with Gasteiger partial charge in [-0.25, -0.2) is 4.79 Å². The molecule has 0 aromatic heterocycles. The van der Waals surface area contributed by atoms with Gasteiger partial charge in [-0.15, -0.1) is 0 Å². The lowest BCUT2D eigenvalue weighted by atomic mass is 9.93. The Bertz CT molecular complexity index is 581. The van der Waals surface area contributed by atoms with Crippen LogP contribution in [0.1, 0.15) is 39.5 Å². The second-order valence-electron chi connectivity index (χ2n) is 6.53. The Morgan fingerprint density at radius 1 is 1.28 bits per heavy atom. The number of nitrogens with zero attached hydrogens (tertiary/aromatic N) is 2. The van der Waals surface area contributed by atoms with Crippen LogP contribution in [0.25, 0.3) is 0 Å². The van der Waals surface area contributed by atoms with Crippen molar-refractivity contribution in [1.29, 1.82) is 0 Å². The fourth-order valence-electron chi connectivity index (χ4n) is 3.57. The van der Waals surface area contributed by atoms with Gasteiger partial charge < -0.3 is 10.6 Å². The summed E-state index contributed by atoms with van der Waals surface area (Å²) in [4.78, 5) is 25.0. The molecule has 1 saturated heterocycles. The molecular weight excluding hydrogens is 320 g/mol. The lowest BCUT2D eigenvalue weighted by Gasteiger charge is -2.33. The quantitative estimate of drug-likeness (QED) is 0.555. The number of benzene rings is 1. The summed E-state index contributed by atoms with van der Waals surface area (Å²) in [5.41, 5.74) is 0.386. The zero-order chi connectivity index (χ0) is 18.2. The van der Waals surface area contributed by atoms with Crippen LogP contribution >= 0.6 is 0 Å². The van der Waals surface area contributed by atoms with Crippen LogP contribution in [-0.4, -0.2) is 41.5 Å². The molecule has 2 N–H and O–H groups in total. The van der Waals surface area contributed by atoms with Gasteiger partial charge in [0.05, 0.1) is 4.92 Å². The third-order valence-electron chi connectivity index (χ3n) is 4.99.